The van der Waals surface area contributed by atoms with Gasteiger partial charge >= 0.3 is 11.7 Å². The second kappa shape index (κ2) is 5.76. The number of aromatic amines is 1. The molecule has 0 amide bonds. The number of hydrogen-bond donors (Lipinski definition) is 3. The number of nitrogens with zero attached hydrogens (tertiary/aromatic N) is 1. The standard InChI is InChI=1S/C11H13FN2O7/c1-4(16)20-8-6(3-15)21-10(7(8)17)14-2-5(12)9(18)13-11(14)19/h2,6-8,10,15,17H,3H2,1H3,(H,13,18,19)/t6-,7-,8-,10-/m1/s1. The van der Waals surface area contributed by atoms with Crippen molar-refractivity contribution in [1.82, 2.24) is 9.55 Å². The molecule has 0 aliphatic carbocycles. The molecule has 1 aromatic rings. The Morgan fingerprint density at radius 2 is 2.24 bits per heavy atom. The summed E-state index contributed by atoms with van der Waals surface area (Å²) in [5.74, 6) is -1.97. The minimum absolute atomic E-state index is 0.569. The van der Waals surface area contributed by atoms with E-state index in [2.05, 4.69) is 0 Å². The smallest absolute Gasteiger partial charge is 0.330 e. The lowest BCUT2D eigenvalue weighted by Gasteiger charge is -2.19. The minimum Gasteiger partial charge on any atom is -0.457 e. The molecule has 1 fully saturated rings. The third kappa shape index (κ3) is 2.86. The highest BCUT2D eigenvalue weighted by Gasteiger charge is 2.47. The third-order valence-electron chi connectivity index (χ3n) is 2.99. The van der Waals surface area contributed by atoms with Crippen LogP contribution in [0.25, 0.3) is 0 Å². The van der Waals surface area contributed by atoms with Gasteiger partial charge in [0.15, 0.2) is 12.3 Å². The molecule has 1 aliphatic rings. The van der Waals surface area contributed by atoms with E-state index in [1.165, 1.54) is 0 Å². The summed E-state index contributed by atoms with van der Waals surface area (Å²) in [5, 5.41) is 19.2. The van der Waals surface area contributed by atoms with E-state index in [0.29, 0.717) is 10.8 Å². The number of ether oxygens (including phenoxy) is 2. The summed E-state index contributed by atoms with van der Waals surface area (Å²) in [6.45, 7) is 0.506. The number of H-pyrrole nitrogens is 1. The predicted molar refractivity (Wildman–Crippen MR) is 63.8 cm³/mol. The Hall–Kier alpha value is -2.04. The Bertz CT molecular complexity index is 655. The summed E-state index contributed by atoms with van der Waals surface area (Å²) >= 11 is 0. The van der Waals surface area contributed by atoms with Gasteiger partial charge in [-0.1, -0.05) is 0 Å². The van der Waals surface area contributed by atoms with Crippen molar-refractivity contribution in [3.05, 3.63) is 32.9 Å². The van der Waals surface area contributed by atoms with Crippen LogP contribution in [-0.2, 0) is 14.3 Å². The van der Waals surface area contributed by atoms with Crippen molar-refractivity contribution in [3.8, 4) is 0 Å². The predicted octanol–water partition coefficient (Wildman–Crippen LogP) is -2.14. The Balaban J connectivity index is 2.37. The number of carbonyl (C=O) groups excluding carboxylic acids is 1. The molecule has 1 aromatic heterocycles. The van der Waals surface area contributed by atoms with E-state index in [-0.39, 0.29) is 0 Å². The summed E-state index contributed by atoms with van der Waals surface area (Å²) < 4.78 is 23.9. The summed E-state index contributed by atoms with van der Waals surface area (Å²) in [6.07, 6.45) is -4.67. The molecular formula is C11H13FN2O7. The number of aliphatic hydroxyl groups is 2. The lowest BCUT2D eigenvalue weighted by molar-refractivity contribution is -0.153. The molecule has 0 unspecified atom stereocenters. The van der Waals surface area contributed by atoms with Crippen molar-refractivity contribution in [2.75, 3.05) is 6.61 Å². The van der Waals surface area contributed by atoms with Crippen molar-refractivity contribution < 1.29 is 28.9 Å². The van der Waals surface area contributed by atoms with Crippen LogP contribution >= 0.6 is 0 Å². The number of carbonyl (C=O) groups is 1. The Kier molecular flexibility index (Phi) is 4.21. The zero-order valence-corrected chi connectivity index (χ0v) is 10.9. The van der Waals surface area contributed by atoms with Crippen LogP contribution in [0.1, 0.15) is 13.2 Å². The summed E-state index contributed by atoms with van der Waals surface area (Å²) in [7, 11) is 0. The van der Waals surface area contributed by atoms with Gasteiger partial charge in [0.2, 0.25) is 5.82 Å². The molecule has 2 rings (SSSR count). The van der Waals surface area contributed by atoms with Gasteiger partial charge in [-0.25, -0.2) is 4.79 Å². The Morgan fingerprint density at radius 3 is 2.81 bits per heavy atom. The normalized spacial score (nSPS) is 28.6. The van der Waals surface area contributed by atoms with E-state index in [9.17, 15) is 23.9 Å². The average molecular weight is 304 g/mol. The lowest BCUT2D eigenvalue weighted by Crippen LogP contribution is -2.40. The number of aliphatic hydroxyl groups excluding tert-OH is 2. The number of esters is 1. The van der Waals surface area contributed by atoms with Crippen molar-refractivity contribution in [2.24, 2.45) is 0 Å². The number of aromatic nitrogens is 2. The largest absolute Gasteiger partial charge is 0.457 e. The molecule has 0 bridgehead atoms. The number of rotatable bonds is 3. The van der Waals surface area contributed by atoms with Crippen molar-refractivity contribution in [2.45, 2.75) is 31.5 Å². The molecule has 0 aromatic carbocycles. The van der Waals surface area contributed by atoms with E-state index in [4.69, 9.17) is 14.6 Å². The number of nitrogens with one attached hydrogen (secondary N) is 1. The average Bonchev–Trinajstić information content (AvgIpc) is 2.71. The third-order valence-corrected chi connectivity index (χ3v) is 2.99. The van der Waals surface area contributed by atoms with Crippen LogP contribution < -0.4 is 11.2 Å². The Morgan fingerprint density at radius 1 is 1.57 bits per heavy atom. The van der Waals surface area contributed by atoms with Gasteiger partial charge in [-0.2, -0.15) is 4.39 Å². The second-order valence-electron chi connectivity index (χ2n) is 4.46. The Labute approximate surface area is 116 Å². The summed E-state index contributed by atoms with van der Waals surface area (Å²) in [4.78, 5) is 35.3. The quantitative estimate of drug-likeness (QED) is 0.543. The van der Waals surface area contributed by atoms with E-state index in [1.807, 2.05) is 0 Å². The van der Waals surface area contributed by atoms with Crippen LogP contribution in [0, 0.1) is 5.82 Å². The van der Waals surface area contributed by atoms with Crippen LogP contribution in [0.15, 0.2) is 15.8 Å². The molecular weight excluding hydrogens is 291 g/mol. The van der Waals surface area contributed by atoms with Crippen molar-refractivity contribution in [1.29, 1.82) is 0 Å². The van der Waals surface area contributed by atoms with Crippen LogP contribution in [0.4, 0.5) is 4.39 Å². The van der Waals surface area contributed by atoms with Crippen molar-refractivity contribution in [3.63, 3.8) is 0 Å². The topological polar surface area (TPSA) is 131 Å². The lowest BCUT2D eigenvalue weighted by atomic mass is 10.1. The van der Waals surface area contributed by atoms with Gasteiger partial charge < -0.3 is 19.7 Å². The molecule has 10 heteroatoms. The molecule has 0 radical (unpaired) electrons. The molecule has 116 valence electrons. The zero-order valence-electron chi connectivity index (χ0n) is 10.9. The van der Waals surface area contributed by atoms with Crippen molar-refractivity contribution >= 4 is 5.97 Å². The van der Waals surface area contributed by atoms with E-state index in [0.717, 1.165) is 6.92 Å². The number of hydrogen-bond acceptors (Lipinski definition) is 7. The van der Waals surface area contributed by atoms with Gasteiger partial charge in [0, 0.05) is 6.92 Å². The molecule has 3 N–H and O–H groups in total. The SMILES string of the molecule is CC(=O)O[C@H]1[C@@H](O)[C@H](n2cc(F)c(=O)[nH]c2=O)O[C@@H]1CO. The van der Waals surface area contributed by atoms with Gasteiger partial charge in [0.1, 0.15) is 12.2 Å². The maximum absolute atomic E-state index is 13.3. The molecule has 1 aliphatic heterocycles. The number of halogens is 1. The molecule has 9 nitrogen and oxygen atoms in total. The fourth-order valence-corrected chi connectivity index (χ4v) is 2.08. The maximum atomic E-state index is 13.3. The maximum Gasteiger partial charge on any atom is 0.330 e. The van der Waals surface area contributed by atoms with E-state index in [1.54, 1.807) is 4.98 Å². The molecule has 0 saturated carbocycles. The van der Waals surface area contributed by atoms with Crippen LogP contribution in [0.5, 0.6) is 0 Å². The highest BCUT2D eigenvalue weighted by Crippen LogP contribution is 2.30. The monoisotopic (exact) mass is 304 g/mol. The summed E-state index contributed by atoms with van der Waals surface area (Å²) in [5.41, 5.74) is -2.22. The first kappa shape index (κ1) is 15.4. The molecule has 1 saturated heterocycles. The van der Waals surface area contributed by atoms with Gasteiger partial charge in [-0.15, -0.1) is 0 Å². The second-order valence-corrected chi connectivity index (χ2v) is 4.46. The van der Waals surface area contributed by atoms with E-state index >= 15 is 0 Å². The van der Waals surface area contributed by atoms with Crippen LogP contribution in [0.2, 0.25) is 0 Å². The molecule has 2 heterocycles. The first-order chi connectivity index (χ1) is 9.85. The molecule has 0 spiro atoms. The highest BCUT2D eigenvalue weighted by molar-refractivity contribution is 5.66. The fraction of sp³-hybridized carbons (Fsp3) is 0.545. The van der Waals surface area contributed by atoms with Gasteiger partial charge in [0.25, 0.3) is 5.56 Å². The van der Waals surface area contributed by atoms with Crippen LogP contribution in [0.3, 0.4) is 0 Å². The van der Waals surface area contributed by atoms with Gasteiger partial charge in [0.05, 0.1) is 12.8 Å². The molecule has 4 atom stereocenters. The summed E-state index contributed by atoms with van der Waals surface area (Å²) in [6, 6.07) is 0. The first-order valence-corrected chi connectivity index (χ1v) is 5.97. The zero-order chi connectivity index (χ0) is 15.7. The minimum atomic E-state index is -1.52. The fourth-order valence-electron chi connectivity index (χ4n) is 2.08. The van der Waals surface area contributed by atoms with Crippen LogP contribution in [-0.4, -0.2) is 50.7 Å². The van der Waals surface area contributed by atoms with Gasteiger partial charge in [-0.05, 0) is 0 Å². The first-order valence-electron chi connectivity index (χ1n) is 5.97. The highest BCUT2D eigenvalue weighted by atomic mass is 19.1. The van der Waals surface area contributed by atoms with Gasteiger partial charge in [-0.3, -0.25) is 19.1 Å². The molecule has 21 heavy (non-hydrogen) atoms. The van der Waals surface area contributed by atoms with E-state index < -0.39 is 54.2 Å².